The van der Waals surface area contributed by atoms with Crippen LogP contribution in [0.15, 0.2) is 21.7 Å². The van der Waals surface area contributed by atoms with Gasteiger partial charge < -0.3 is 9.52 Å². The van der Waals surface area contributed by atoms with E-state index >= 15 is 0 Å². The molecule has 0 amide bonds. The summed E-state index contributed by atoms with van der Waals surface area (Å²) in [5, 5.41) is 8.16. The lowest BCUT2D eigenvalue weighted by atomic mass is 10.9. The van der Waals surface area contributed by atoms with E-state index in [0.29, 0.717) is 4.57 Å². The predicted octanol–water partition coefficient (Wildman–Crippen LogP) is -0.0326. The second-order valence-corrected chi connectivity index (χ2v) is 1.32. The number of hydrogen-bond donors (Lipinski definition) is 1. The first-order valence-electron chi connectivity index (χ1n) is 2.11. The monoisotopic (exact) mass is 129 g/mol. The Labute approximate surface area is 49.1 Å². The quantitative estimate of drug-likeness (QED) is 0.533. The SMILES string of the molecule is O=C(O)n1ccoc1=O. The normalized spacial score (nSPS) is 9.33. The van der Waals surface area contributed by atoms with E-state index < -0.39 is 11.8 Å². The van der Waals surface area contributed by atoms with Crippen LogP contribution in [0.2, 0.25) is 0 Å². The second kappa shape index (κ2) is 1.77. The van der Waals surface area contributed by atoms with E-state index in [0.717, 1.165) is 12.5 Å². The third kappa shape index (κ3) is 0.835. The first kappa shape index (κ1) is 5.61. The molecular weight excluding hydrogens is 126 g/mol. The van der Waals surface area contributed by atoms with Gasteiger partial charge in [0.25, 0.3) is 0 Å². The molecule has 9 heavy (non-hydrogen) atoms. The van der Waals surface area contributed by atoms with Gasteiger partial charge in [0.05, 0.1) is 6.20 Å². The van der Waals surface area contributed by atoms with E-state index in [2.05, 4.69) is 4.42 Å². The molecule has 1 N–H and O–H groups in total. The standard InChI is InChI=1S/C4H3NO4/c6-3(7)5-1-2-9-4(5)8/h1-2H,(H,6,7). The summed E-state index contributed by atoms with van der Waals surface area (Å²) in [6.45, 7) is 0. The minimum absolute atomic E-state index is 0.444. The van der Waals surface area contributed by atoms with Gasteiger partial charge in [0.1, 0.15) is 6.26 Å². The Kier molecular flexibility index (Phi) is 1.11. The highest BCUT2D eigenvalue weighted by Crippen LogP contribution is 1.78. The third-order valence-electron chi connectivity index (χ3n) is 0.782. The van der Waals surface area contributed by atoms with Gasteiger partial charge in [-0.3, -0.25) is 0 Å². The fourth-order valence-corrected chi connectivity index (χ4v) is 0.409. The zero-order chi connectivity index (χ0) is 6.85. The van der Waals surface area contributed by atoms with Crippen molar-refractivity contribution in [2.45, 2.75) is 0 Å². The zero-order valence-electron chi connectivity index (χ0n) is 4.27. The molecule has 0 bridgehead atoms. The molecule has 0 radical (unpaired) electrons. The molecule has 0 aliphatic carbocycles. The summed E-state index contributed by atoms with van der Waals surface area (Å²) in [5.41, 5.74) is 0. The maximum atomic E-state index is 10.3. The molecule has 5 nitrogen and oxygen atoms in total. The Balaban J connectivity index is 3.24. The fourth-order valence-electron chi connectivity index (χ4n) is 0.409. The number of aromatic nitrogens is 1. The van der Waals surface area contributed by atoms with Gasteiger partial charge >= 0.3 is 11.8 Å². The van der Waals surface area contributed by atoms with Crippen LogP contribution in [0.25, 0.3) is 0 Å². The Hall–Kier alpha value is -1.52. The smallest absolute Gasteiger partial charge is 0.428 e. The van der Waals surface area contributed by atoms with Gasteiger partial charge in [-0.15, -0.1) is 0 Å². The molecule has 0 spiro atoms. The minimum Gasteiger partial charge on any atom is -0.464 e. The molecule has 0 aliphatic rings. The van der Waals surface area contributed by atoms with Crippen molar-refractivity contribution in [3.63, 3.8) is 0 Å². The molecule has 0 atom stereocenters. The van der Waals surface area contributed by atoms with Crippen molar-refractivity contribution >= 4 is 6.09 Å². The van der Waals surface area contributed by atoms with Crippen molar-refractivity contribution in [2.24, 2.45) is 0 Å². The van der Waals surface area contributed by atoms with Gasteiger partial charge in [-0.1, -0.05) is 0 Å². The molecule has 0 aromatic carbocycles. The van der Waals surface area contributed by atoms with Gasteiger partial charge in [0.15, 0.2) is 0 Å². The lowest BCUT2D eigenvalue weighted by molar-refractivity contribution is 0.194. The number of hydrogen-bond acceptors (Lipinski definition) is 3. The summed E-state index contributed by atoms with van der Waals surface area (Å²) < 4.78 is 4.60. The van der Waals surface area contributed by atoms with Crippen molar-refractivity contribution in [1.82, 2.24) is 4.57 Å². The summed E-state index contributed by atoms with van der Waals surface area (Å²) in [4.78, 5) is 20.3. The van der Waals surface area contributed by atoms with Crippen molar-refractivity contribution in [3.8, 4) is 0 Å². The van der Waals surface area contributed by atoms with E-state index in [1.807, 2.05) is 0 Å². The zero-order valence-corrected chi connectivity index (χ0v) is 4.27. The second-order valence-electron chi connectivity index (χ2n) is 1.32. The average molecular weight is 129 g/mol. The lowest BCUT2D eigenvalue weighted by Crippen LogP contribution is -2.19. The summed E-state index contributed by atoms with van der Waals surface area (Å²) in [6, 6.07) is 0. The molecule has 1 aromatic rings. The molecule has 1 aromatic heterocycles. The van der Waals surface area contributed by atoms with Gasteiger partial charge in [-0.05, 0) is 0 Å². The Morgan fingerprint density at radius 2 is 2.44 bits per heavy atom. The average Bonchev–Trinajstić information content (AvgIpc) is 2.13. The summed E-state index contributed by atoms with van der Waals surface area (Å²) in [6.07, 6.45) is 0.704. The largest absolute Gasteiger partial charge is 0.464 e. The van der Waals surface area contributed by atoms with Crippen molar-refractivity contribution < 1.29 is 14.3 Å². The van der Waals surface area contributed by atoms with Crippen molar-refractivity contribution in [2.75, 3.05) is 0 Å². The van der Waals surface area contributed by atoms with Crippen LogP contribution in [0.4, 0.5) is 4.79 Å². The Morgan fingerprint density at radius 1 is 1.78 bits per heavy atom. The maximum Gasteiger partial charge on any atom is 0.428 e. The molecular formula is C4H3NO4. The fraction of sp³-hybridized carbons (Fsp3) is 0. The Bertz CT molecular complexity index is 270. The molecule has 0 fully saturated rings. The summed E-state index contributed by atoms with van der Waals surface area (Å²) >= 11 is 0. The van der Waals surface area contributed by atoms with Crippen LogP contribution in [-0.2, 0) is 0 Å². The summed E-state index contributed by atoms with van der Waals surface area (Å²) in [5.74, 6) is -0.887. The third-order valence-corrected chi connectivity index (χ3v) is 0.782. The van der Waals surface area contributed by atoms with E-state index in [-0.39, 0.29) is 0 Å². The van der Waals surface area contributed by atoms with Crippen LogP contribution < -0.4 is 5.76 Å². The number of oxazole rings is 1. The Morgan fingerprint density at radius 3 is 2.67 bits per heavy atom. The molecule has 0 saturated carbocycles. The van der Waals surface area contributed by atoms with E-state index in [4.69, 9.17) is 5.11 Å². The van der Waals surface area contributed by atoms with Gasteiger partial charge in [0.2, 0.25) is 0 Å². The first-order chi connectivity index (χ1) is 4.22. The molecule has 0 unspecified atom stereocenters. The van der Waals surface area contributed by atoms with Crippen LogP contribution in [0, 0.1) is 0 Å². The van der Waals surface area contributed by atoms with Gasteiger partial charge in [-0.2, -0.15) is 4.57 Å². The summed E-state index contributed by atoms with van der Waals surface area (Å²) in [7, 11) is 0. The lowest BCUT2D eigenvalue weighted by Gasteiger charge is -1.83. The number of rotatable bonds is 0. The van der Waals surface area contributed by atoms with Crippen LogP contribution in [0.3, 0.4) is 0 Å². The van der Waals surface area contributed by atoms with Gasteiger partial charge in [0, 0.05) is 0 Å². The van der Waals surface area contributed by atoms with E-state index in [1.54, 1.807) is 0 Å². The molecule has 48 valence electrons. The van der Waals surface area contributed by atoms with Gasteiger partial charge in [-0.25, -0.2) is 9.59 Å². The maximum absolute atomic E-state index is 10.3. The van der Waals surface area contributed by atoms with Crippen LogP contribution >= 0.6 is 0 Å². The van der Waals surface area contributed by atoms with Crippen molar-refractivity contribution in [3.05, 3.63) is 23.0 Å². The van der Waals surface area contributed by atoms with Crippen LogP contribution in [0.5, 0.6) is 0 Å². The topological polar surface area (TPSA) is 72.4 Å². The molecule has 1 rings (SSSR count). The minimum atomic E-state index is -1.34. The van der Waals surface area contributed by atoms with Crippen LogP contribution in [-0.4, -0.2) is 15.8 Å². The number of carbonyl (C=O) groups is 1. The predicted molar refractivity (Wildman–Crippen MR) is 26.4 cm³/mol. The highest BCUT2D eigenvalue weighted by atomic mass is 16.4. The van der Waals surface area contributed by atoms with Crippen molar-refractivity contribution in [1.29, 1.82) is 0 Å². The molecule has 0 saturated heterocycles. The highest BCUT2D eigenvalue weighted by Gasteiger charge is 2.03. The molecule has 0 aliphatic heterocycles. The van der Waals surface area contributed by atoms with E-state index in [9.17, 15) is 9.59 Å². The van der Waals surface area contributed by atoms with Crippen LogP contribution in [0.1, 0.15) is 0 Å². The number of nitrogens with zero attached hydrogens (tertiary/aromatic N) is 1. The number of carboxylic acid groups (broad SMARTS) is 1. The van der Waals surface area contributed by atoms with E-state index in [1.165, 1.54) is 0 Å². The molecule has 1 heterocycles. The first-order valence-corrected chi connectivity index (χ1v) is 2.11. The molecule has 5 heteroatoms. The highest BCUT2D eigenvalue weighted by molar-refractivity contribution is 5.67.